The summed E-state index contributed by atoms with van der Waals surface area (Å²) < 4.78 is 11.4. The van der Waals surface area contributed by atoms with Crippen LogP contribution in [0.1, 0.15) is 16.1 Å². The molecule has 2 aromatic heterocycles. The van der Waals surface area contributed by atoms with Crippen LogP contribution < -0.4 is 5.32 Å². The lowest BCUT2D eigenvalue weighted by Crippen LogP contribution is -2.27. The van der Waals surface area contributed by atoms with Crippen LogP contribution in [0.2, 0.25) is 0 Å². The van der Waals surface area contributed by atoms with E-state index in [9.17, 15) is 14.7 Å². The highest BCUT2D eigenvalue weighted by molar-refractivity contribution is 6.02. The number of carbonyl (C=O) groups is 2. The van der Waals surface area contributed by atoms with Gasteiger partial charge >= 0.3 is 5.97 Å². The van der Waals surface area contributed by atoms with E-state index in [1.165, 1.54) is 6.08 Å². The highest BCUT2D eigenvalue weighted by Gasteiger charge is 2.15. The minimum Gasteiger partial charge on any atom is -0.477 e. The van der Waals surface area contributed by atoms with Gasteiger partial charge in [0.05, 0.1) is 0 Å². The van der Waals surface area contributed by atoms with E-state index in [4.69, 9.17) is 8.83 Å². The number of hydrogen-bond acceptors (Lipinski definition) is 4. The van der Waals surface area contributed by atoms with Crippen molar-refractivity contribution in [2.45, 2.75) is 0 Å². The number of aliphatic carboxylic acids is 1. The normalized spacial score (nSPS) is 11.5. The number of hydrogen-bond donors (Lipinski definition) is 2. The van der Waals surface area contributed by atoms with Crippen molar-refractivity contribution in [2.24, 2.45) is 0 Å². The van der Waals surface area contributed by atoms with E-state index in [0.717, 1.165) is 11.0 Å². The zero-order chi connectivity index (χ0) is 19.5. The van der Waals surface area contributed by atoms with Crippen LogP contribution in [0.3, 0.4) is 0 Å². The van der Waals surface area contributed by atoms with Crippen molar-refractivity contribution in [3.8, 4) is 11.5 Å². The van der Waals surface area contributed by atoms with Crippen LogP contribution in [0.5, 0.6) is 0 Å². The minimum atomic E-state index is -1.27. The number of carboxylic acids is 1. The third kappa shape index (κ3) is 3.57. The Labute approximate surface area is 159 Å². The maximum Gasteiger partial charge on any atom is 0.352 e. The Hall–Kier alpha value is -4.06. The number of furan rings is 2. The molecule has 0 saturated carbocycles. The Morgan fingerprint density at radius 1 is 0.857 bits per heavy atom. The quantitative estimate of drug-likeness (QED) is 0.501. The van der Waals surface area contributed by atoms with Gasteiger partial charge in [-0.2, -0.15) is 0 Å². The summed E-state index contributed by atoms with van der Waals surface area (Å²) in [7, 11) is 0. The molecule has 0 bridgehead atoms. The summed E-state index contributed by atoms with van der Waals surface area (Å²) in [6.45, 7) is 0. The van der Waals surface area contributed by atoms with E-state index in [-0.39, 0.29) is 11.5 Å². The predicted octanol–water partition coefficient (Wildman–Crippen LogP) is 4.55. The molecule has 0 aliphatic heterocycles. The fraction of sp³-hybridized carbons (Fsp3) is 0. The van der Waals surface area contributed by atoms with E-state index in [1.807, 2.05) is 30.3 Å². The molecule has 2 heterocycles. The zero-order valence-corrected chi connectivity index (χ0v) is 14.6. The average molecular weight is 373 g/mol. The van der Waals surface area contributed by atoms with E-state index < -0.39 is 11.9 Å². The second-order valence-electron chi connectivity index (χ2n) is 6.03. The molecule has 2 N–H and O–H groups in total. The van der Waals surface area contributed by atoms with Crippen LogP contribution in [0.15, 0.2) is 87.3 Å². The summed E-state index contributed by atoms with van der Waals surface area (Å²) in [5.74, 6) is -0.516. The van der Waals surface area contributed by atoms with E-state index in [1.54, 1.807) is 42.5 Å². The van der Waals surface area contributed by atoms with Gasteiger partial charge in [0.15, 0.2) is 11.5 Å². The maximum absolute atomic E-state index is 12.2. The van der Waals surface area contributed by atoms with E-state index in [2.05, 4.69) is 5.32 Å². The Bertz CT molecular complexity index is 1150. The van der Waals surface area contributed by atoms with Gasteiger partial charge in [-0.05, 0) is 36.4 Å². The molecular formula is C22H15NO5. The van der Waals surface area contributed by atoms with Crippen molar-refractivity contribution in [3.63, 3.8) is 0 Å². The summed E-state index contributed by atoms with van der Waals surface area (Å²) in [6.07, 6.45) is 1.26. The van der Waals surface area contributed by atoms with Gasteiger partial charge in [-0.15, -0.1) is 0 Å². The van der Waals surface area contributed by atoms with Crippen LogP contribution in [-0.2, 0) is 4.79 Å². The largest absolute Gasteiger partial charge is 0.477 e. The molecule has 4 aromatic rings. The van der Waals surface area contributed by atoms with Gasteiger partial charge in [0.2, 0.25) is 0 Å². The fourth-order valence-corrected chi connectivity index (χ4v) is 2.74. The number of rotatable bonds is 5. The minimum absolute atomic E-state index is 0.279. The van der Waals surface area contributed by atoms with E-state index in [0.29, 0.717) is 17.1 Å². The summed E-state index contributed by atoms with van der Waals surface area (Å²) in [5.41, 5.74) is 0.795. The zero-order valence-electron chi connectivity index (χ0n) is 14.6. The van der Waals surface area contributed by atoms with Crippen LogP contribution in [0.4, 0.5) is 0 Å². The maximum atomic E-state index is 12.2. The van der Waals surface area contributed by atoms with Gasteiger partial charge in [0.1, 0.15) is 17.0 Å². The third-order valence-electron chi connectivity index (χ3n) is 4.10. The molecule has 0 saturated heterocycles. The molecule has 0 aliphatic rings. The van der Waals surface area contributed by atoms with Crippen LogP contribution in [0, 0.1) is 0 Å². The predicted molar refractivity (Wildman–Crippen MR) is 103 cm³/mol. The summed E-state index contributed by atoms with van der Waals surface area (Å²) in [6, 6.07) is 21.1. The SMILES string of the molecule is O=C(O)/C(=C/c1ccc(-c2cc3ccccc3o2)o1)NC(=O)c1ccccc1. The van der Waals surface area contributed by atoms with Crippen molar-refractivity contribution in [3.05, 3.63) is 89.8 Å². The first-order valence-electron chi connectivity index (χ1n) is 8.50. The Balaban J connectivity index is 1.59. The Morgan fingerprint density at radius 3 is 2.36 bits per heavy atom. The second kappa shape index (κ2) is 7.28. The van der Waals surface area contributed by atoms with Crippen LogP contribution in [0.25, 0.3) is 28.6 Å². The standard InChI is InChI=1S/C22H15NO5/c24-21(14-6-2-1-3-7-14)23-17(22(25)26)13-16-10-11-19(27-16)20-12-15-8-4-5-9-18(15)28-20/h1-13H,(H,23,24)(H,25,26)/b17-13-. The molecule has 6 heteroatoms. The molecule has 2 aromatic carbocycles. The molecule has 0 atom stereocenters. The number of benzene rings is 2. The molecule has 138 valence electrons. The van der Waals surface area contributed by atoms with Gasteiger partial charge in [0.25, 0.3) is 5.91 Å². The molecule has 0 unspecified atom stereocenters. The van der Waals surface area contributed by atoms with Crippen LogP contribution in [-0.4, -0.2) is 17.0 Å². The third-order valence-corrected chi connectivity index (χ3v) is 4.10. The van der Waals surface area contributed by atoms with Crippen molar-refractivity contribution < 1.29 is 23.5 Å². The Kier molecular flexibility index (Phi) is 4.51. The molecule has 4 rings (SSSR count). The van der Waals surface area contributed by atoms with Gasteiger partial charge in [-0.3, -0.25) is 4.79 Å². The summed E-state index contributed by atoms with van der Waals surface area (Å²) >= 11 is 0. The topological polar surface area (TPSA) is 92.7 Å². The lowest BCUT2D eigenvalue weighted by atomic mass is 10.2. The monoisotopic (exact) mass is 373 g/mol. The van der Waals surface area contributed by atoms with Crippen molar-refractivity contribution in [1.82, 2.24) is 5.32 Å². The molecule has 0 radical (unpaired) electrons. The molecular weight excluding hydrogens is 358 g/mol. The molecule has 0 spiro atoms. The fourth-order valence-electron chi connectivity index (χ4n) is 2.74. The van der Waals surface area contributed by atoms with Crippen molar-refractivity contribution >= 4 is 28.9 Å². The average Bonchev–Trinajstić information content (AvgIpc) is 3.34. The van der Waals surface area contributed by atoms with E-state index >= 15 is 0 Å². The van der Waals surface area contributed by atoms with Crippen LogP contribution >= 0.6 is 0 Å². The molecule has 1 amide bonds. The molecule has 6 nitrogen and oxygen atoms in total. The Morgan fingerprint density at radius 2 is 1.61 bits per heavy atom. The number of carboxylic acid groups (broad SMARTS) is 1. The number of nitrogens with one attached hydrogen (secondary N) is 1. The highest BCUT2D eigenvalue weighted by atomic mass is 16.4. The van der Waals surface area contributed by atoms with Crippen molar-refractivity contribution in [2.75, 3.05) is 0 Å². The first kappa shape index (κ1) is 17.4. The number of para-hydroxylation sites is 1. The molecule has 0 aliphatic carbocycles. The second-order valence-corrected chi connectivity index (χ2v) is 6.03. The smallest absolute Gasteiger partial charge is 0.352 e. The lowest BCUT2D eigenvalue weighted by Gasteiger charge is -2.05. The summed E-state index contributed by atoms with van der Waals surface area (Å²) in [5, 5.41) is 12.7. The number of carbonyl (C=O) groups excluding carboxylic acids is 1. The first-order valence-corrected chi connectivity index (χ1v) is 8.50. The van der Waals surface area contributed by atoms with Gasteiger partial charge in [0, 0.05) is 17.0 Å². The number of amides is 1. The lowest BCUT2D eigenvalue weighted by molar-refractivity contribution is -0.132. The van der Waals surface area contributed by atoms with Gasteiger partial charge < -0.3 is 19.3 Å². The summed E-state index contributed by atoms with van der Waals surface area (Å²) in [4.78, 5) is 23.7. The van der Waals surface area contributed by atoms with Crippen molar-refractivity contribution in [1.29, 1.82) is 0 Å². The van der Waals surface area contributed by atoms with Gasteiger partial charge in [-0.25, -0.2) is 4.79 Å². The first-order chi connectivity index (χ1) is 13.6. The van der Waals surface area contributed by atoms with Gasteiger partial charge in [-0.1, -0.05) is 36.4 Å². The number of fused-ring (bicyclic) bond motifs is 1. The molecule has 28 heavy (non-hydrogen) atoms. The molecule has 0 fully saturated rings. The highest BCUT2D eigenvalue weighted by Crippen LogP contribution is 2.29.